The van der Waals surface area contributed by atoms with Gasteiger partial charge in [0.15, 0.2) is 5.82 Å². The molecule has 0 atom stereocenters. The van der Waals surface area contributed by atoms with Gasteiger partial charge in [-0.05, 0) is 18.2 Å². The fourth-order valence-corrected chi connectivity index (χ4v) is 2.70. The van der Waals surface area contributed by atoms with Gasteiger partial charge in [-0.3, -0.25) is 0 Å². The average Bonchev–Trinajstić information content (AvgIpc) is 3.04. The first kappa shape index (κ1) is 11.6. The maximum atomic E-state index is 13.1. The largest absolute Gasteiger partial charge is 0.300 e. The van der Waals surface area contributed by atoms with Gasteiger partial charge in [-0.1, -0.05) is 11.6 Å². The summed E-state index contributed by atoms with van der Waals surface area (Å²) in [4.78, 5) is 8.41. The Kier molecular flexibility index (Phi) is 2.40. The highest BCUT2D eigenvalue weighted by Gasteiger charge is 2.23. The smallest absolute Gasteiger partial charge is 0.160 e. The Balaban J connectivity index is 2.09. The van der Waals surface area contributed by atoms with Gasteiger partial charge < -0.3 is 4.57 Å². The first-order chi connectivity index (χ1) is 9.78. The van der Waals surface area contributed by atoms with E-state index in [1.54, 1.807) is 17.1 Å². The van der Waals surface area contributed by atoms with Crippen LogP contribution in [-0.4, -0.2) is 24.3 Å². The highest BCUT2D eigenvalue weighted by atomic mass is 35.5. The van der Waals surface area contributed by atoms with E-state index < -0.39 is 6.67 Å². The lowest BCUT2D eigenvalue weighted by Gasteiger charge is -2.08. The predicted molar refractivity (Wildman–Crippen MR) is 71.5 cm³/mol. The van der Waals surface area contributed by atoms with E-state index in [9.17, 15) is 4.39 Å². The minimum Gasteiger partial charge on any atom is -0.300 e. The first-order valence-electron chi connectivity index (χ1n) is 6.07. The number of hydrogen-bond acceptors (Lipinski definition) is 3. The van der Waals surface area contributed by atoms with Crippen molar-refractivity contribution in [2.24, 2.45) is 0 Å². The predicted octanol–water partition coefficient (Wildman–Crippen LogP) is 2.62. The van der Waals surface area contributed by atoms with Crippen molar-refractivity contribution in [1.29, 1.82) is 0 Å². The third kappa shape index (κ3) is 1.51. The quantitative estimate of drug-likeness (QED) is 0.541. The molecule has 0 fully saturated rings. The van der Waals surface area contributed by atoms with E-state index in [4.69, 9.17) is 11.6 Å². The molecule has 0 saturated heterocycles. The summed E-state index contributed by atoms with van der Waals surface area (Å²) in [7, 11) is 0. The van der Waals surface area contributed by atoms with Crippen molar-refractivity contribution in [2.75, 3.05) is 0 Å². The lowest BCUT2D eigenvalue weighted by molar-refractivity contribution is 0.471. The fraction of sp³-hybridized carbons (Fsp3) is 0.154. The van der Waals surface area contributed by atoms with E-state index in [0.29, 0.717) is 17.3 Å². The van der Waals surface area contributed by atoms with Crippen molar-refractivity contribution in [3.63, 3.8) is 0 Å². The Bertz CT molecular complexity index is 807. The van der Waals surface area contributed by atoms with E-state index in [1.807, 2.05) is 16.7 Å². The molecule has 4 rings (SSSR count). The molecule has 100 valence electrons. The van der Waals surface area contributed by atoms with Gasteiger partial charge in [-0.2, -0.15) is 5.10 Å². The summed E-state index contributed by atoms with van der Waals surface area (Å²) < 4.78 is 16.7. The van der Waals surface area contributed by atoms with Gasteiger partial charge in [0, 0.05) is 10.6 Å². The number of alkyl halides is 1. The summed E-state index contributed by atoms with van der Waals surface area (Å²) in [5.74, 6) is 0.719. The van der Waals surface area contributed by atoms with Crippen molar-refractivity contribution >= 4 is 11.6 Å². The first-order valence-corrected chi connectivity index (χ1v) is 6.45. The van der Waals surface area contributed by atoms with Gasteiger partial charge in [0.2, 0.25) is 0 Å². The number of fused-ring (bicyclic) bond motifs is 5. The van der Waals surface area contributed by atoms with Crippen molar-refractivity contribution in [3.8, 4) is 17.1 Å². The fourth-order valence-electron chi connectivity index (χ4n) is 2.53. The molecule has 1 aliphatic rings. The summed E-state index contributed by atoms with van der Waals surface area (Å²) in [6.45, 7) is -0.170. The standard InChI is InChI=1S/C13H9ClFN5/c14-8-1-2-11-9(3-8)13-16-6-18-20(13)5-12-10(4-15)17-7-19(11)12/h1-3,6-7H,4-5H2. The van der Waals surface area contributed by atoms with Crippen LogP contribution in [0.2, 0.25) is 5.02 Å². The van der Waals surface area contributed by atoms with E-state index >= 15 is 0 Å². The van der Waals surface area contributed by atoms with Crippen molar-refractivity contribution < 1.29 is 4.39 Å². The van der Waals surface area contributed by atoms with Crippen molar-refractivity contribution in [3.05, 3.63) is 47.3 Å². The molecule has 0 aliphatic carbocycles. The molecule has 0 unspecified atom stereocenters. The molecule has 2 aromatic heterocycles. The lowest BCUT2D eigenvalue weighted by atomic mass is 10.1. The molecular formula is C13H9ClFN5. The number of rotatable bonds is 1. The molecule has 20 heavy (non-hydrogen) atoms. The Morgan fingerprint density at radius 1 is 1.30 bits per heavy atom. The molecule has 0 N–H and O–H groups in total. The van der Waals surface area contributed by atoms with Gasteiger partial charge in [-0.15, -0.1) is 0 Å². The number of imidazole rings is 1. The number of halogens is 2. The zero-order valence-electron chi connectivity index (χ0n) is 10.3. The van der Waals surface area contributed by atoms with Crippen LogP contribution in [0.25, 0.3) is 17.1 Å². The Morgan fingerprint density at radius 2 is 2.20 bits per heavy atom. The van der Waals surface area contributed by atoms with Crippen LogP contribution in [0.4, 0.5) is 4.39 Å². The molecule has 5 nitrogen and oxygen atoms in total. The molecule has 1 aliphatic heterocycles. The third-order valence-electron chi connectivity index (χ3n) is 3.45. The Hall–Kier alpha value is -2.21. The van der Waals surface area contributed by atoms with Crippen molar-refractivity contribution in [1.82, 2.24) is 24.3 Å². The van der Waals surface area contributed by atoms with Crippen LogP contribution < -0.4 is 0 Å². The zero-order chi connectivity index (χ0) is 13.7. The number of nitrogens with zero attached hydrogens (tertiary/aromatic N) is 5. The van der Waals surface area contributed by atoms with Crippen LogP contribution in [0.5, 0.6) is 0 Å². The van der Waals surface area contributed by atoms with E-state index in [2.05, 4.69) is 15.1 Å². The summed E-state index contributed by atoms with van der Waals surface area (Å²) >= 11 is 6.08. The topological polar surface area (TPSA) is 48.5 Å². The molecular weight excluding hydrogens is 281 g/mol. The summed E-state index contributed by atoms with van der Waals surface area (Å²) in [5, 5.41) is 4.82. The highest BCUT2D eigenvalue weighted by Crippen LogP contribution is 2.33. The highest BCUT2D eigenvalue weighted by molar-refractivity contribution is 6.31. The molecule has 3 heterocycles. The van der Waals surface area contributed by atoms with E-state index in [1.165, 1.54) is 6.33 Å². The average molecular weight is 290 g/mol. The molecule has 0 spiro atoms. The monoisotopic (exact) mass is 289 g/mol. The third-order valence-corrected chi connectivity index (χ3v) is 3.69. The van der Waals surface area contributed by atoms with Gasteiger partial charge in [0.05, 0.1) is 29.9 Å². The second kappa shape index (κ2) is 4.14. The maximum absolute atomic E-state index is 13.1. The van der Waals surface area contributed by atoms with E-state index in [0.717, 1.165) is 22.8 Å². The van der Waals surface area contributed by atoms with Gasteiger partial charge in [0.1, 0.15) is 13.0 Å². The molecule has 0 saturated carbocycles. The Labute approximate surface area is 118 Å². The minimum absolute atomic E-state index is 0.425. The summed E-state index contributed by atoms with van der Waals surface area (Å²) in [5.41, 5.74) is 2.94. The second-order valence-corrected chi connectivity index (χ2v) is 4.98. The van der Waals surface area contributed by atoms with Crippen molar-refractivity contribution in [2.45, 2.75) is 13.2 Å². The van der Waals surface area contributed by atoms with Gasteiger partial charge >= 0.3 is 0 Å². The molecule has 1 aromatic carbocycles. The number of aromatic nitrogens is 5. The van der Waals surface area contributed by atoms with Crippen LogP contribution >= 0.6 is 11.6 Å². The molecule has 0 amide bonds. The van der Waals surface area contributed by atoms with Crippen LogP contribution in [0, 0.1) is 0 Å². The van der Waals surface area contributed by atoms with Gasteiger partial charge in [0.25, 0.3) is 0 Å². The number of hydrogen-bond donors (Lipinski definition) is 0. The molecule has 0 bridgehead atoms. The zero-order valence-corrected chi connectivity index (χ0v) is 11.0. The Morgan fingerprint density at radius 3 is 3.05 bits per heavy atom. The molecule has 3 aromatic rings. The van der Waals surface area contributed by atoms with Crippen LogP contribution in [0.1, 0.15) is 11.4 Å². The lowest BCUT2D eigenvalue weighted by Crippen LogP contribution is -2.06. The summed E-state index contributed by atoms with van der Waals surface area (Å²) in [6.07, 6.45) is 3.12. The summed E-state index contributed by atoms with van der Waals surface area (Å²) in [6, 6.07) is 5.52. The minimum atomic E-state index is -0.602. The van der Waals surface area contributed by atoms with Crippen LogP contribution in [0.15, 0.2) is 30.9 Å². The normalized spacial score (nSPS) is 12.5. The van der Waals surface area contributed by atoms with E-state index in [-0.39, 0.29) is 0 Å². The number of benzene rings is 1. The van der Waals surface area contributed by atoms with Crippen LogP contribution in [-0.2, 0) is 13.2 Å². The molecule has 0 radical (unpaired) electrons. The maximum Gasteiger partial charge on any atom is 0.160 e. The molecule has 7 heteroatoms. The second-order valence-electron chi connectivity index (χ2n) is 4.54. The van der Waals surface area contributed by atoms with Gasteiger partial charge in [-0.25, -0.2) is 19.0 Å². The SMILES string of the molecule is FCc1ncn2c1Cn1ncnc1-c1cc(Cl)ccc1-2. The van der Waals surface area contributed by atoms with Crippen LogP contribution in [0.3, 0.4) is 0 Å².